The monoisotopic (exact) mass is 395 g/mol. The van der Waals surface area contributed by atoms with Crippen molar-refractivity contribution in [2.45, 2.75) is 31.7 Å². The van der Waals surface area contributed by atoms with Crippen LogP contribution in [0.25, 0.3) is 10.2 Å². The van der Waals surface area contributed by atoms with Crippen molar-refractivity contribution in [1.29, 1.82) is 0 Å². The summed E-state index contributed by atoms with van der Waals surface area (Å²) in [5, 5.41) is 6.53. The zero-order valence-corrected chi connectivity index (χ0v) is 16.7. The SMILES string of the molecule is CN(C(=O)C1CCCN(c2ncnc3sccc23)C1)C1CCNCC1.Cl. The highest BCUT2D eigenvalue weighted by molar-refractivity contribution is 7.16. The minimum Gasteiger partial charge on any atom is -0.355 e. The Balaban J connectivity index is 0.00000196. The third-order valence-electron chi connectivity index (χ3n) is 5.51. The molecule has 0 spiro atoms. The molecule has 2 aromatic heterocycles. The van der Waals surface area contributed by atoms with Crippen molar-refractivity contribution < 1.29 is 4.79 Å². The highest BCUT2D eigenvalue weighted by atomic mass is 35.5. The summed E-state index contributed by atoms with van der Waals surface area (Å²) in [7, 11) is 1.99. The highest BCUT2D eigenvalue weighted by Crippen LogP contribution is 2.30. The van der Waals surface area contributed by atoms with E-state index in [1.165, 1.54) is 0 Å². The van der Waals surface area contributed by atoms with Gasteiger partial charge in [0.2, 0.25) is 5.91 Å². The average Bonchev–Trinajstić information content (AvgIpc) is 3.16. The number of hydrogen-bond donors (Lipinski definition) is 1. The van der Waals surface area contributed by atoms with Gasteiger partial charge in [-0.3, -0.25) is 4.79 Å². The van der Waals surface area contributed by atoms with Gasteiger partial charge >= 0.3 is 0 Å². The van der Waals surface area contributed by atoms with Gasteiger partial charge < -0.3 is 15.1 Å². The van der Waals surface area contributed by atoms with Gasteiger partial charge in [0.05, 0.1) is 11.3 Å². The Morgan fingerprint density at radius 2 is 2.12 bits per heavy atom. The topological polar surface area (TPSA) is 61.4 Å². The minimum atomic E-state index is 0. The van der Waals surface area contributed by atoms with Crippen molar-refractivity contribution in [3.63, 3.8) is 0 Å². The van der Waals surface area contributed by atoms with E-state index in [9.17, 15) is 4.79 Å². The van der Waals surface area contributed by atoms with Gasteiger partial charge in [0.1, 0.15) is 17.0 Å². The molecule has 6 nitrogen and oxygen atoms in total. The van der Waals surface area contributed by atoms with Crippen LogP contribution in [-0.2, 0) is 4.79 Å². The first-order chi connectivity index (χ1) is 12.2. The summed E-state index contributed by atoms with van der Waals surface area (Å²) < 4.78 is 0. The number of anilines is 1. The number of nitrogens with zero attached hydrogens (tertiary/aromatic N) is 4. The molecule has 0 radical (unpaired) electrons. The maximum Gasteiger partial charge on any atom is 0.227 e. The van der Waals surface area contributed by atoms with E-state index in [0.717, 1.165) is 67.9 Å². The van der Waals surface area contributed by atoms with E-state index in [0.29, 0.717) is 11.9 Å². The number of hydrogen-bond acceptors (Lipinski definition) is 6. The molecule has 2 saturated heterocycles. The molecular weight excluding hydrogens is 370 g/mol. The number of carbonyl (C=O) groups is 1. The van der Waals surface area contributed by atoms with E-state index in [2.05, 4.69) is 31.6 Å². The Morgan fingerprint density at radius 1 is 1.31 bits per heavy atom. The van der Waals surface area contributed by atoms with Crippen LogP contribution in [0.5, 0.6) is 0 Å². The molecule has 0 saturated carbocycles. The fourth-order valence-electron chi connectivity index (χ4n) is 4.06. The van der Waals surface area contributed by atoms with Crippen molar-refractivity contribution in [3.8, 4) is 0 Å². The number of nitrogens with one attached hydrogen (secondary N) is 1. The van der Waals surface area contributed by atoms with Gasteiger partial charge in [0.15, 0.2) is 0 Å². The predicted octanol–water partition coefficient (Wildman–Crippen LogP) is 2.54. The molecule has 4 rings (SSSR count). The Hall–Kier alpha value is -1.44. The molecule has 1 amide bonds. The lowest BCUT2D eigenvalue weighted by Crippen LogP contribution is -2.49. The normalized spacial score (nSPS) is 21.4. The number of carbonyl (C=O) groups excluding carboxylic acids is 1. The van der Waals surface area contributed by atoms with Crippen molar-refractivity contribution in [1.82, 2.24) is 20.2 Å². The maximum atomic E-state index is 13.0. The largest absolute Gasteiger partial charge is 0.355 e. The van der Waals surface area contributed by atoms with Gasteiger partial charge in [-0.15, -0.1) is 23.7 Å². The first kappa shape index (κ1) is 19.3. The maximum absolute atomic E-state index is 13.0. The van der Waals surface area contributed by atoms with Gasteiger partial charge in [0, 0.05) is 26.2 Å². The molecule has 8 heteroatoms. The number of amides is 1. The zero-order chi connectivity index (χ0) is 17.2. The van der Waals surface area contributed by atoms with E-state index in [-0.39, 0.29) is 18.3 Å². The van der Waals surface area contributed by atoms with Crippen LogP contribution in [0, 0.1) is 5.92 Å². The van der Waals surface area contributed by atoms with Crippen LogP contribution in [0.3, 0.4) is 0 Å². The quantitative estimate of drug-likeness (QED) is 0.865. The summed E-state index contributed by atoms with van der Waals surface area (Å²) >= 11 is 1.64. The van der Waals surface area contributed by atoms with Gasteiger partial charge in [0.25, 0.3) is 0 Å². The fraction of sp³-hybridized carbons (Fsp3) is 0.611. The first-order valence-electron chi connectivity index (χ1n) is 9.14. The Kier molecular flexibility index (Phi) is 6.32. The summed E-state index contributed by atoms with van der Waals surface area (Å²) in [5.41, 5.74) is 0. The third kappa shape index (κ3) is 3.80. The standard InChI is InChI=1S/C18H25N5OS.ClH/c1-22(14-4-7-19-8-5-14)18(24)13-3-2-9-23(11-13)16-15-6-10-25-17(15)21-12-20-16;/h6,10,12-14,19H,2-5,7-9,11H2,1H3;1H. The van der Waals surface area contributed by atoms with E-state index in [1.807, 2.05) is 11.9 Å². The van der Waals surface area contributed by atoms with Crippen LogP contribution in [-0.4, -0.2) is 60.0 Å². The smallest absolute Gasteiger partial charge is 0.227 e. The first-order valence-corrected chi connectivity index (χ1v) is 10.0. The second kappa shape index (κ2) is 8.50. The van der Waals surface area contributed by atoms with Crippen molar-refractivity contribution in [2.24, 2.45) is 5.92 Å². The van der Waals surface area contributed by atoms with E-state index in [4.69, 9.17) is 0 Å². The van der Waals surface area contributed by atoms with Crippen LogP contribution < -0.4 is 10.2 Å². The van der Waals surface area contributed by atoms with Crippen molar-refractivity contribution in [3.05, 3.63) is 17.8 Å². The van der Waals surface area contributed by atoms with Crippen LogP contribution in [0.2, 0.25) is 0 Å². The number of piperidine rings is 2. The Morgan fingerprint density at radius 3 is 2.92 bits per heavy atom. The van der Waals surface area contributed by atoms with Gasteiger partial charge in [-0.25, -0.2) is 9.97 Å². The lowest BCUT2D eigenvalue weighted by atomic mass is 9.94. The van der Waals surface area contributed by atoms with Gasteiger partial charge in [-0.05, 0) is 50.2 Å². The molecule has 2 aliphatic heterocycles. The molecule has 1 atom stereocenters. The molecule has 0 aromatic carbocycles. The second-order valence-corrected chi connectivity index (χ2v) is 7.95. The Labute approximate surface area is 164 Å². The van der Waals surface area contributed by atoms with Crippen molar-refractivity contribution in [2.75, 3.05) is 38.1 Å². The summed E-state index contributed by atoms with van der Waals surface area (Å²) in [6.45, 7) is 3.74. The molecule has 142 valence electrons. The Bertz CT molecular complexity index is 748. The molecule has 1 unspecified atom stereocenters. The van der Waals surface area contributed by atoms with E-state index < -0.39 is 0 Å². The molecule has 1 N–H and O–H groups in total. The summed E-state index contributed by atoms with van der Waals surface area (Å²) in [6, 6.07) is 2.47. The van der Waals surface area contributed by atoms with E-state index in [1.54, 1.807) is 17.7 Å². The summed E-state index contributed by atoms with van der Waals surface area (Å²) in [5.74, 6) is 1.35. The number of rotatable bonds is 3. The summed E-state index contributed by atoms with van der Waals surface area (Å²) in [6.07, 6.45) is 5.76. The lowest BCUT2D eigenvalue weighted by molar-refractivity contribution is -0.137. The zero-order valence-electron chi connectivity index (χ0n) is 15.1. The summed E-state index contributed by atoms with van der Waals surface area (Å²) in [4.78, 5) is 27.2. The van der Waals surface area contributed by atoms with Crippen LogP contribution in [0.15, 0.2) is 17.8 Å². The fourth-order valence-corrected chi connectivity index (χ4v) is 4.79. The molecule has 2 aromatic rings. The number of halogens is 1. The molecule has 2 aliphatic rings. The molecule has 0 aliphatic carbocycles. The van der Waals surface area contributed by atoms with Crippen LogP contribution in [0.1, 0.15) is 25.7 Å². The molecule has 2 fully saturated rings. The van der Waals surface area contributed by atoms with Gasteiger partial charge in [-0.2, -0.15) is 0 Å². The van der Waals surface area contributed by atoms with E-state index >= 15 is 0 Å². The number of aromatic nitrogens is 2. The average molecular weight is 396 g/mol. The minimum absolute atomic E-state index is 0. The van der Waals surface area contributed by atoms with Crippen LogP contribution >= 0.6 is 23.7 Å². The molecule has 4 heterocycles. The molecule has 0 bridgehead atoms. The number of thiophene rings is 1. The van der Waals surface area contributed by atoms with Crippen molar-refractivity contribution >= 4 is 45.7 Å². The third-order valence-corrected chi connectivity index (χ3v) is 6.34. The molecule has 26 heavy (non-hydrogen) atoms. The van der Waals surface area contributed by atoms with Gasteiger partial charge in [-0.1, -0.05) is 0 Å². The lowest BCUT2D eigenvalue weighted by Gasteiger charge is -2.38. The highest BCUT2D eigenvalue weighted by Gasteiger charge is 2.32. The number of fused-ring (bicyclic) bond motifs is 1. The second-order valence-electron chi connectivity index (χ2n) is 7.05. The predicted molar refractivity (Wildman–Crippen MR) is 108 cm³/mol. The van der Waals surface area contributed by atoms with Crippen LogP contribution in [0.4, 0.5) is 5.82 Å². The molecular formula is C18H26ClN5OS.